The minimum atomic E-state index is 0.400. The van der Waals surface area contributed by atoms with Gasteiger partial charge in [-0.1, -0.05) is 30.3 Å². The van der Waals surface area contributed by atoms with E-state index in [1.54, 1.807) is 25.8 Å². The fraction of sp³-hybridized carbons (Fsp3) is 0.200. The number of aryl methyl sites for hydroxylation is 2. The Kier molecular flexibility index (Phi) is 5.40. The van der Waals surface area contributed by atoms with Crippen molar-refractivity contribution in [3.63, 3.8) is 0 Å². The van der Waals surface area contributed by atoms with Gasteiger partial charge in [-0.15, -0.1) is 0 Å². The number of rotatable bonds is 7. The Morgan fingerprint density at radius 3 is 2.58 bits per heavy atom. The normalized spacial score (nSPS) is 12.8. The standard InChI is InChI=1S/C20H21NO3/c1-22-18-10-7-16(8-11-18)6-9-17-4-2-3-5-20(17)24-15-19-14-21-12-13-23-19/h2-5,7-8,10-14,21H,6,9,15H2,1H3. The number of nitrogens with one attached hydrogen (secondary N) is 1. The molecule has 2 aromatic rings. The molecule has 0 bridgehead atoms. The number of benzene rings is 2. The van der Waals surface area contributed by atoms with Crippen molar-refractivity contribution in [2.45, 2.75) is 12.8 Å². The van der Waals surface area contributed by atoms with Crippen molar-refractivity contribution in [2.75, 3.05) is 13.7 Å². The molecule has 24 heavy (non-hydrogen) atoms. The third-order valence-corrected chi connectivity index (χ3v) is 3.81. The highest BCUT2D eigenvalue weighted by Crippen LogP contribution is 2.21. The molecule has 0 unspecified atom stereocenters. The van der Waals surface area contributed by atoms with Crippen LogP contribution in [0, 0.1) is 0 Å². The van der Waals surface area contributed by atoms with Gasteiger partial charge >= 0.3 is 0 Å². The molecule has 0 fully saturated rings. The molecule has 2 aromatic carbocycles. The highest BCUT2D eigenvalue weighted by atomic mass is 16.5. The van der Waals surface area contributed by atoms with Gasteiger partial charge in [-0.2, -0.15) is 0 Å². The zero-order valence-corrected chi connectivity index (χ0v) is 13.7. The minimum absolute atomic E-state index is 0.400. The predicted octanol–water partition coefficient (Wildman–Crippen LogP) is 3.79. The van der Waals surface area contributed by atoms with E-state index in [9.17, 15) is 0 Å². The van der Waals surface area contributed by atoms with Crippen molar-refractivity contribution in [1.29, 1.82) is 0 Å². The summed E-state index contributed by atoms with van der Waals surface area (Å²) < 4.78 is 16.5. The molecule has 3 rings (SSSR count). The fourth-order valence-corrected chi connectivity index (χ4v) is 2.48. The van der Waals surface area contributed by atoms with Gasteiger partial charge in [0.2, 0.25) is 0 Å². The van der Waals surface area contributed by atoms with E-state index in [0.717, 1.165) is 30.1 Å². The largest absolute Gasteiger partial charge is 0.497 e. The molecule has 1 aliphatic heterocycles. The molecular formula is C20H21NO3. The second-order valence-electron chi connectivity index (χ2n) is 5.44. The van der Waals surface area contributed by atoms with E-state index >= 15 is 0 Å². The average Bonchev–Trinajstić information content (AvgIpc) is 2.66. The summed E-state index contributed by atoms with van der Waals surface area (Å²) in [6.07, 6.45) is 7.00. The molecule has 0 saturated carbocycles. The van der Waals surface area contributed by atoms with Crippen LogP contribution >= 0.6 is 0 Å². The molecule has 4 nitrogen and oxygen atoms in total. The molecular weight excluding hydrogens is 302 g/mol. The molecule has 0 aromatic heterocycles. The van der Waals surface area contributed by atoms with Crippen LogP contribution in [0.25, 0.3) is 0 Å². The third-order valence-electron chi connectivity index (χ3n) is 3.81. The van der Waals surface area contributed by atoms with Crippen LogP contribution in [0.3, 0.4) is 0 Å². The summed E-state index contributed by atoms with van der Waals surface area (Å²) in [4.78, 5) is 0. The van der Waals surface area contributed by atoms with E-state index in [-0.39, 0.29) is 0 Å². The third kappa shape index (κ3) is 4.32. The van der Waals surface area contributed by atoms with Crippen molar-refractivity contribution >= 4 is 0 Å². The Morgan fingerprint density at radius 1 is 1.00 bits per heavy atom. The molecule has 0 amide bonds. The SMILES string of the molecule is COc1ccc(CCc2ccccc2OCC2=CNC=CO2)cc1. The lowest BCUT2D eigenvalue weighted by Crippen LogP contribution is -2.10. The first-order valence-corrected chi connectivity index (χ1v) is 7.95. The van der Waals surface area contributed by atoms with Gasteiger partial charge in [0.1, 0.15) is 24.4 Å². The number of para-hydroxylation sites is 1. The number of ether oxygens (including phenoxy) is 3. The monoisotopic (exact) mass is 323 g/mol. The van der Waals surface area contributed by atoms with E-state index < -0.39 is 0 Å². The number of hydrogen-bond donors (Lipinski definition) is 1. The molecule has 0 saturated heterocycles. The van der Waals surface area contributed by atoms with Gasteiger partial charge in [-0.25, -0.2) is 0 Å². The second-order valence-corrected chi connectivity index (χ2v) is 5.44. The van der Waals surface area contributed by atoms with Crippen molar-refractivity contribution in [3.05, 3.63) is 84.1 Å². The average molecular weight is 323 g/mol. The molecule has 1 N–H and O–H groups in total. The van der Waals surface area contributed by atoms with Gasteiger partial charge in [0, 0.05) is 12.4 Å². The Bertz CT molecular complexity index is 720. The molecule has 1 heterocycles. The van der Waals surface area contributed by atoms with Crippen LogP contribution in [0.15, 0.2) is 73.0 Å². The van der Waals surface area contributed by atoms with Crippen LogP contribution in [-0.2, 0) is 17.6 Å². The Morgan fingerprint density at radius 2 is 1.83 bits per heavy atom. The van der Waals surface area contributed by atoms with Crippen molar-refractivity contribution in [3.8, 4) is 11.5 Å². The number of methoxy groups -OCH3 is 1. The second kappa shape index (κ2) is 8.11. The van der Waals surface area contributed by atoms with E-state index in [1.807, 2.05) is 30.3 Å². The highest BCUT2D eigenvalue weighted by Gasteiger charge is 2.07. The summed E-state index contributed by atoms with van der Waals surface area (Å²) in [7, 11) is 1.68. The Balaban J connectivity index is 1.59. The van der Waals surface area contributed by atoms with Crippen LogP contribution < -0.4 is 14.8 Å². The van der Waals surface area contributed by atoms with Crippen LogP contribution in [-0.4, -0.2) is 13.7 Å². The predicted molar refractivity (Wildman–Crippen MR) is 93.8 cm³/mol. The Labute approximate surface area is 142 Å². The summed E-state index contributed by atoms with van der Waals surface area (Å²) in [6.45, 7) is 0.400. The minimum Gasteiger partial charge on any atom is -0.497 e. The molecule has 1 aliphatic rings. The Hall–Kier alpha value is -2.88. The lowest BCUT2D eigenvalue weighted by Gasteiger charge is -2.14. The van der Waals surface area contributed by atoms with Crippen LogP contribution in [0.2, 0.25) is 0 Å². The van der Waals surface area contributed by atoms with Gasteiger partial charge in [0.05, 0.1) is 7.11 Å². The maximum absolute atomic E-state index is 5.91. The maximum Gasteiger partial charge on any atom is 0.157 e. The summed E-state index contributed by atoms with van der Waals surface area (Å²) in [5, 5.41) is 2.98. The van der Waals surface area contributed by atoms with Gasteiger partial charge in [0.15, 0.2) is 5.76 Å². The smallest absolute Gasteiger partial charge is 0.157 e. The first kappa shape index (κ1) is 16.0. The maximum atomic E-state index is 5.91. The molecule has 0 aliphatic carbocycles. The van der Waals surface area contributed by atoms with Crippen LogP contribution in [0.1, 0.15) is 11.1 Å². The summed E-state index contributed by atoms with van der Waals surface area (Å²) in [5.41, 5.74) is 2.46. The molecule has 0 radical (unpaired) electrons. The van der Waals surface area contributed by atoms with Gasteiger partial charge in [0.25, 0.3) is 0 Å². The molecule has 0 spiro atoms. The molecule has 4 heteroatoms. The fourth-order valence-electron chi connectivity index (χ4n) is 2.48. The van der Waals surface area contributed by atoms with Crippen molar-refractivity contribution < 1.29 is 14.2 Å². The highest BCUT2D eigenvalue weighted by molar-refractivity contribution is 5.35. The zero-order chi connectivity index (χ0) is 16.6. The van der Waals surface area contributed by atoms with Crippen molar-refractivity contribution in [2.24, 2.45) is 0 Å². The van der Waals surface area contributed by atoms with E-state index in [1.165, 1.54) is 11.1 Å². The topological polar surface area (TPSA) is 39.7 Å². The lowest BCUT2D eigenvalue weighted by molar-refractivity contribution is 0.242. The summed E-state index contributed by atoms with van der Waals surface area (Å²) in [6, 6.07) is 16.3. The summed E-state index contributed by atoms with van der Waals surface area (Å²) in [5.74, 6) is 2.53. The van der Waals surface area contributed by atoms with Crippen molar-refractivity contribution in [1.82, 2.24) is 5.32 Å². The molecule has 124 valence electrons. The van der Waals surface area contributed by atoms with E-state index in [2.05, 4.69) is 23.5 Å². The van der Waals surface area contributed by atoms with Crippen LogP contribution in [0.4, 0.5) is 0 Å². The van der Waals surface area contributed by atoms with Crippen LogP contribution in [0.5, 0.6) is 11.5 Å². The zero-order valence-electron chi connectivity index (χ0n) is 13.7. The van der Waals surface area contributed by atoms with Gasteiger partial charge in [-0.05, 0) is 42.2 Å². The summed E-state index contributed by atoms with van der Waals surface area (Å²) >= 11 is 0. The van der Waals surface area contributed by atoms with Gasteiger partial charge in [-0.3, -0.25) is 0 Å². The first-order chi connectivity index (χ1) is 11.8. The first-order valence-electron chi connectivity index (χ1n) is 7.95. The molecule has 0 atom stereocenters. The lowest BCUT2D eigenvalue weighted by atomic mass is 10.0. The van der Waals surface area contributed by atoms with Gasteiger partial charge < -0.3 is 19.5 Å². The quantitative estimate of drug-likeness (QED) is 0.841. The number of hydrogen-bond acceptors (Lipinski definition) is 4. The van der Waals surface area contributed by atoms with E-state index in [0.29, 0.717) is 6.61 Å². The van der Waals surface area contributed by atoms with E-state index in [4.69, 9.17) is 14.2 Å².